The number of hydrogen-bond acceptors (Lipinski definition) is 3. The van der Waals surface area contributed by atoms with Gasteiger partial charge in [-0.2, -0.15) is 18.3 Å². The fraction of sp³-hybridized carbons (Fsp3) is 0.765. The largest absolute Gasteiger partial charge is 0.433 e. The Kier molecular flexibility index (Phi) is 5.81. The van der Waals surface area contributed by atoms with Crippen molar-refractivity contribution in [3.05, 3.63) is 17.5 Å². The Morgan fingerprint density at radius 3 is 2.60 bits per heavy atom. The predicted octanol–water partition coefficient (Wildman–Crippen LogP) is 3.12. The first-order valence-electron chi connectivity index (χ1n) is 8.70. The molecular formula is C17H27F3N4O. The quantitative estimate of drug-likeness (QED) is 0.878. The molecule has 1 fully saturated rings. The van der Waals surface area contributed by atoms with Gasteiger partial charge in [-0.15, -0.1) is 0 Å². The van der Waals surface area contributed by atoms with Crippen LogP contribution in [0.1, 0.15) is 56.6 Å². The number of nitrogens with zero attached hydrogens (tertiary/aromatic N) is 3. The molecule has 0 aliphatic carbocycles. The number of carbonyl (C=O) groups excluding carboxylic acids is 1. The first-order valence-corrected chi connectivity index (χ1v) is 8.70. The lowest BCUT2D eigenvalue weighted by Crippen LogP contribution is -2.34. The molecule has 1 N–H and O–H groups in total. The molecule has 0 spiro atoms. The minimum Gasteiger partial charge on any atom is -0.352 e. The van der Waals surface area contributed by atoms with Crippen LogP contribution in [0.25, 0.3) is 0 Å². The summed E-state index contributed by atoms with van der Waals surface area (Å²) in [5, 5.41) is 6.48. The van der Waals surface area contributed by atoms with Gasteiger partial charge in [-0.05, 0) is 52.6 Å². The number of hydrogen-bond donors (Lipinski definition) is 1. The Morgan fingerprint density at radius 2 is 2.04 bits per heavy atom. The lowest BCUT2D eigenvalue weighted by Gasteiger charge is -2.24. The predicted molar refractivity (Wildman–Crippen MR) is 89.4 cm³/mol. The average molecular weight is 360 g/mol. The van der Waals surface area contributed by atoms with E-state index in [4.69, 9.17) is 0 Å². The van der Waals surface area contributed by atoms with Crippen molar-refractivity contribution >= 4 is 5.91 Å². The van der Waals surface area contributed by atoms with Gasteiger partial charge < -0.3 is 10.2 Å². The molecule has 0 bridgehead atoms. The molecule has 0 radical (unpaired) electrons. The van der Waals surface area contributed by atoms with Crippen molar-refractivity contribution in [3.63, 3.8) is 0 Å². The van der Waals surface area contributed by atoms with E-state index in [1.165, 1.54) is 0 Å². The fourth-order valence-corrected chi connectivity index (χ4v) is 3.23. The second-order valence-electron chi connectivity index (χ2n) is 7.65. The summed E-state index contributed by atoms with van der Waals surface area (Å²) in [6.45, 7) is 10.2. The maximum atomic E-state index is 13.5. The molecule has 1 aliphatic rings. The molecule has 142 valence electrons. The highest BCUT2D eigenvalue weighted by Gasteiger charge is 2.42. The van der Waals surface area contributed by atoms with Crippen LogP contribution < -0.4 is 5.32 Å². The molecule has 25 heavy (non-hydrogen) atoms. The van der Waals surface area contributed by atoms with Gasteiger partial charge in [0.25, 0.3) is 5.91 Å². The van der Waals surface area contributed by atoms with Crippen LogP contribution in [-0.4, -0.2) is 46.8 Å². The van der Waals surface area contributed by atoms with Crippen LogP contribution in [0.15, 0.2) is 6.20 Å². The average Bonchev–Trinajstić information content (AvgIpc) is 3.10. The molecule has 1 saturated heterocycles. The summed E-state index contributed by atoms with van der Waals surface area (Å²) in [5.41, 5.74) is -2.27. The number of nitrogens with one attached hydrogen (secondary N) is 1. The topological polar surface area (TPSA) is 50.2 Å². The van der Waals surface area contributed by atoms with E-state index in [-0.39, 0.29) is 5.92 Å². The highest BCUT2D eigenvalue weighted by Crippen LogP contribution is 2.34. The molecule has 1 aromatic rings. The van der Waals surface area contributed by atoms with E-state index in [0.29, 0.717) is 6.54 Å². The number of rotatable bonds is 5. The van der Waals surface area contributed by atoms with E-state index in [9.17, 15) is 18.0 Å². The van der Waals surface area contributed by atoms with E-state index >= 15 is 0 Å². The third-order valence-corrected chi connectivity index (χ3v) is 4.38. The molecule has 0 aromatic carbocycles. The van der Waals surface area contributed by atoms with E-state index < -0.39 is 28.9 Å². The van der Waals surface area contributed by atoms with Crippen molar-refractivity contribution in [2.45, 2.75) is 52.3 Å². The summed E-state index contributed by atoms with van der Waals surface area (Å²) in [4.78, 5) is 14.7. The lowest BCUT2D eigenvalue weighted by molar-refractivity contribution is -0.146. The van der Waals surface area contributed by atoms with E-state index in [0.717, 1.165) is 43.4 Å². The zero-order valence-corrected chi connectivity index (χ0v) is 15.3. The number of likely N-dealkylation sites (tertiary alicyclic amines) is 1. The van der Waals surface area contributed by atoms with Gasteiger partial charge >= 0.3 is 6.18 Å². The van der Waals surface area contributed by atoms with Gasteiger partial charge in [0.15, 0.2) is 5.69 Å². The zero-order chi connectivity index (χ0) is 18.8. The van der Waals surface area contributed by atoms with Crippen molar-refractivity contribution in [1.82, 2.24) is 20.0 Å². The number of carbonyl (C=O) groups is 1. The number of aromatic nitrogens is 2. The third-order valence-electron chi connectivity index (χ3n) is 4.38. The number of amides is 1. The van der Waals surface area contributed by atoms with E-state index in [1.807, 2.05) is 0 Å². The summed E-state index contributed by atoms with van der Waals surface area (Å²) < 4.78 is 41.3. The lowest BCUT2D eigenvalue weighted by atomic mass is 10.1. The van der Waals surface area contributed by atoms with Crippen molar-refractivity contribution in [2.24, 2.45) is 5.92 Å². The minimum absolute atomic E-state index is 0.280. The van der Waals surface area contributed by atoms with Gasteiger partial charge in [0.1, 0.15) is 0 Å². The van der Waals surface area contributed by atoms with Crippen LogP contribution in [0.5, 0.6) is 0 Å². The van der Waals surface area contributed by atoms with Gasteiger partial charge in [-0.25, -0.2) is 0 Å². The van der Waals surface area contributed by atoms with Crippen LogP contribution in [-0.2, 0) is 11.7 Å². The molecule has 5 nitrogen and oxygen atoms in total. The molecule has 1 aromatic heterocycles. The molecule has 2 heterocycles. The van der Waals surface area contributed by atoms with Gasteiger partial charge in [-0.1, -0.05) is 6.92 Å². The van der Waals surface area contributed by atoms with Crippen molar-refractivity contribution in [3.8, 4) is 0 Å². The smallest absolute Gasteiger partial charge is 0.352 e. The zero-order valence-electron chi connectivity index (χ0n) is 15.3. The normalized spacial score (nSPS) is 19.4. The Morgan fingerprint density at radius 1 is 1.36 bits per heavy atom. The summed E-state index contributed by atoms with van der Waals surface area (Å²) >= 11 is 0. The fourth-order valence-electron chi connectivity index (χ4n) is 3.23. The standard InChI is InChI=1S/C17H27F3N4O/c1-5-7-23-8-6-12(11-23)9-21-15(25)13-10-22-24(16(2,3)4)14(13)17(18,19)20/h10,12H,5-9,11H2,1-4H3,(H,21,25)/t12-/m1/s1. The minimum atomic E-state index is -4.64. The Hall–Kier alpha value is -1.57. The maximum absolute atomic E-state index is 13.5. The van der Waals surface area contributed by atoms with Crippen LogP contribution in [0.4, 0.5) is 13.2 Å². The first kappa shape index (κ1) is 19.8. The van der Waals surface area contributed by atoms with Crippen LogP contribution in [0.3, 0.4) is 0 Å². The molecular weight excluding hydrogens is 333 g/mol. The Labute approximate surface area is 146 Å². The maximum Gasteiger partial charge on any atom is 0.433 e. The van der Waals surface area contributed by atoms with E-state index in [2.05, 4.69) is 22.2 Å². The molecule has 1 atom stereocenters. The SMILES string of the molecule is CCCN1CC[C@H](CNC(=O)c2cnn(C(C)(C)C)c2C(F)(F)F)C1. The van der Waals surface area contributed by atoms with Crippen LogP contribution in [0, 0.1) is 5.92 Å². The Bertz CT molecular complexity index is 604. The summed E-state index contributed by atoms with van der Waals surface area (Å²) in [6.07, 6.45) is -1.60. The summed E-state index contributed by atoms with van der Waals surface area (Å²) in [5.74, 6) is -0.431. The monoisotopic (exact) mass is 360 g/mol. The second kappa shape index (κ2) is 7.35. The second-order valence-corrected chi connectivity index (χ2v) is 7.65. The third kappa shape index (κ3) is 4.74. The van der Waals surface area contributed by atoms with Crippen molar-refractivity contribution < 1.29 is 18.0 Å². The highest BCUT2D eigenvalue weighted by molar-refractivity contribution is 5.95. The molecule has 1 amide bonds. The van der Waals surface area contributed by atoms with Crippen LogP contribution >= 0.6 is 0 Å². The van der Waals surface area contributed by atoms with Gasteiger partial charge in [0.05, 0.1) is 17.3 Å². The van der Waals surface area contributed by atoms with E-state index in [1.54, 1.807) is 20.8 Å². The van der Waals surface area contributed by atoms with Crippen molar-refractivity contribution in [2.75, 3.05) is 26.2 Å². The summed E-state index contributed by atoms with van der Waals surface area (Å²) in [7, 11) is 0. The highest BCUT2D eigenvalue weighted by atomic mass is 19.4. The first-order chi connectivity index (χ1) is 11.5. The van der Waals surface area contributed by atoms with Gasteiger partial charge in [0, 0.05) is 13.1 Å². The number of halogens is 3. The number of alkyl halides is 3. The molecule has 2 rings (SSSR count). The molecule has 0 saturated carbocycles. The van der Waals surface area contributed by atoms with Crippen LogP contribution in [0.2, 0.25) is 0 Å². The Balaban J connectivity index is 2.09. The van der Waals surface area contributed by atoms with Crippen molar-refractivity contribution in [1.29, 1.82) is 0 Å². The molecule has 1 aliphatic heterocycles. The van der Waals surface area contributed by atoms with Gasteiger partial charge in [0.2, 0.25) is 0 Å². The summed E-state index contributed by atoms with van der Waals surface area (Å²) in [6, 6.07) is 0. The molecule has 0 unspecified atom stereocenters. The molecule has 8 heteroatoms. The van der Waals surface area contributed by atoms with Gasteiger partial charge in [-0.3, -0.25) is 9.48 Å².